The van der Waals surface area contributed by atoms with E-state index in [1.165, 1.54) is 18.2 Å². The first-order valence-corrected chi connectivity index (χ1v) is 8.53. The number of guanidine groups is 1. The lowest BCUT2D eigenvalue weighted by Gasteiger charge is -2.10. The van der Waals surface area contributed by atoms with Crippen molar-refractivity contribution in [3.8, 4) is 5.75 Å². The highest BCUT2D eigenvalue weighted by molar-refractivity contribution is 7.86. The number of fused-ring (bicyclic) bond motifs is 1. The van der Waals surface area contributed by atoms with Crippen LogP contribution in [0.15, 0.2) is 28.8 Å². The molecule has 0 saturated carbocycles. The molecule has 2 rings (SSSR count). The van der Waals surface area contributed by atoms with E-state index in [4.69, 9.17) is 16.2 Å². The quantitative estimate of drug-likeness (QED) is 0.429. The fourth-order valence-electron chi connectivity index (χ4n) is 2.05. The number of para-hydroxylation sites is 1. The van der Waals surface area contributed by atoms with Gasteiger partial charge in [-0.05, 0) is 12.1 Å². The Balaban J connectivity index is 2.44. The van der Waals surface area contributed by atoms with Crippen LogP contribution in [-0.4, -0.2) is 39.1 Å². The van der Waals surface area contributed by atoms with Gasteiger partial charge >= 0.3 is 16.1 Å². The Morgan fingerprint density at radius 2 is 2.00 bits per heavy atom. The van der Waals surface area contributed by atoms with Crippen LogP contribution in [0.25, 0.3) is 6.08 Å². The molecule has 24 heavy (non-hydrogen) atoms. The summed E-state index contributed by atoms with van der Waals surface area (Å²) in [4.78, 5) is 27.4. The van der Waals surface area contributed by atoms with Crippen molar-refractivity contribution in [1.29, 1.82) is 0 Å². The number of carbonyl (C=O) groups excluding carboxylic acids is 2. The summed E-state index contributed by atoms with van der Waals surface area (Å²) in [6.07, 6.45) is 2.46. The van der Waals surface area contributed by atoms with Crippen LogP contribution >= 0.6 is 0 Å². The van der Waals surface area contributed by atoms with Crippen molar-refractivity contribution >= 4 is 34.0 Å². The molecule has 128 valence electrons. The van der Waals surface area contributed by atoms with Gasteiger partial charge in [0.2, 0.25) is 0 Å². The van der Waals surface area contributed by atoms with Crippen LogP contribution in [-0.2, 0) is 19.1 Å². The molecule has 0 atom stereocenters. The van der Waals surface area contributed by atoms with E-state index < -0.39 is 22.0 Å². The van der Waals surface area contributed by atoms with Crippen LogP contribution in [0.1, 0.15) is 22.3 Å². The van der Waals surface area contributed by atoms with Crippen molar-refractivity contribution in [3.63, 3.8) is 0 Å². The molecular weight excluding hydrogens is 338 g/mol. The van der Waals surface area contributed by atoms with Crippen molar-refractivity contribution in [2.24, 2.45) is 16.5 Å². The normalized spacial score (nSPS) is 13.6. The Morgan fingerprint density at radius 3 is 2.62 bits per heavy atom. The number of ether oxygens (including phenoxy) is 1. The average molecular weight is 353 g/mol. The molecule has 1 aliphatic heterocycles. The third-order valence-electron chi connectivity index (χ3n) is 2.95. The van der Waals surface area contributed by atoms with Gasteiger partial charge in [0, 0.05) is 17.6 Å². The molecule has 0 spiro atoms. The van der Waals surface area contributed by atoms with Crippen molar-refractivity contribution in [3.05, 3.63) is 34.9 Å². The van der Waals surface area contributed by atoms with Crippen LogP contribution < -0.4 is 16.2 Å². The minimum Gasteiger partial charge on any atom is -0.492 e. The summed E-state index contributed by atoms with van der Waals surface area (Å²) < 4.78 is 32.1. The Bertz CT molecular complexity index is 853. The van der Waals surface area contributed by atoms with Crippen LogP contribution in [0.4, 0.5) is 0 Å². The number of aliphatic imine (C=N–C) groups is 1. The van der Waals surface area contributed by atoms with E-state index in [1.807, 2.05) is 0 Å². The molecule has 1 aliphatic rings. The fourth-order valence-corrected chi connectivity index (χ4v) is 2.42. The van der Waals surface area contributed by atoms with E-state index >= 15 is 0 Å². The van der Waals surface area contributed by atoms with E-state index in [1.54, 1.807) is 6.07 Å². The number of carbonyl (C=O) groups is 2. The van der Waals surface area contributed by atoms with Gasteiger partial charge in [-0.15, -0.1) is 0 Å². The number of amides is 1. The van der Waals surface area contributed by atoms with Gasteiger partial charge in [-0.2, -0.15) is 13.4 Å². The van der Waals surface area contributed by atoms with Crippen molar-refractivity contribution in [1.82, 2.24) is 0 Å². The van der Waals surface area contributed by atoms with Crippen LogP contribution in [0.3, 0.4) is 0 Å². The molecular formula is C14H15N3O6S. The summed E-state index contributed by atoms with van der Waals surface area (Å²) in [7, 11) is -3.97. The van der Waals surface area contributed by atoms with Gasteiger partial charge in [-0.3, -0.25) is 4.79 Å². The van der Waals surface area contributed by atoms with Gasteiger partial charge in [0.25, 0.3) is 5.91 Å². The summed E-state index contributed by atoms with van der Waals surface area (Å²) in [5, 5.41) is 0. The highest BCUT2D eigenvalue weighted by Gasteiger charge is 2.23. The molecule has 1 aromatic rings. The summed E-state index contributed by atoms with van der Waals surface area (Å²) in [5.41, 5.74) is 11.0. The highest BCUT2D eigenvalue weighted by atomic mass is 32.2. The molecule has 0 aliphatic carbocycles. The van der Waals surface area contributed by atoms with Crippen molar-refractivity contribution in [2.45, 2.75) is 6.42 Å². The third-order valence-corrected chi connectivity index (χ3v) is 3.40. The van der Waals surface area contributed by atoms with Crippen LogP contribution in [0.2, 0.25) is 0 Å². The minimum absolute atomic E-state index is 0.0651. The van der Waals surface area contributed by atoms with E-state index in [2.05, 4.69) is 9.18 Å². The second-order valence-electron chi connectivity index (χ2n) is 4.91. The predicted octanol–water partition coefficient (Wildman–Crippen LogP) is -0.231. The van der Waals surface area contributed by atoms with Gasteiger partial charge in [-0.25, -0.2) is 4.79 Å². The lowest BCUT2D eigenvalue weighted by molar-refractivity contribution is -0.114. The maximum atomic E-state index is 12.0. The molecule has 0 fully saturated rings. The van der Waals surface area contributed by atoms with Gasteiger partial charge in [0.15, 0.2) is 5.96 Å². The number of nitrogens with zero attached hydrogens (tertiary/aromatic N) is 1. The molecule has 1 amide bonds. The average Bonchev–Trinajstić information content (AvgIpc) is 2.66. The zero-order valence-electron chi connectivity index (χ0n) is 12.7. The first-order valence-electron chi connectivity index (χ1n) is 6.71. The number of hydrogen-bond acceptors (Lipinski definition) is 6. The first-order chi connectivity index (χ1) is 11.2. The molecule has 0 bridgehead atoms. The highest BCUT2D eigenvalue weighted by Crippen LogP contribution is 2.30. The molecule has 0 unspecified atom stereocenters. The second kappa shape index (κ2) is 6.71. The van der Waals surface area contributed by atoms with Gasteiger partial charge in [0.05, 0.1) is 12.9 Å². The van der Waals surface area contributed by atoms with E-state index in [0.717, 1.165) is 6.26 Å². The molecule has 1 aromatic carbocycles. The molecule has 10 heteroatoms. The van der Waals surface area contributed by atoms with E-state index in [-0.39, 0.29) is 35.9 Å². The first kappa shape index (κ1) is 17.5. The topological polar surface area (TPSA) is 151 Å². The Labute approximate surface area is 138 Å². The largest absolute Gasteiger partial charge is 0.492 e. The van der Waals surface area contributed by atoms with Crippen LogP contribution in [0, 0.1) is 0 Å². The maximum Gasteiger partial charge on any atom is 0.357 e. The Hall–Kier alpha value is -2.88. The number of nitrogens with two attached hydrogens (primary N) is 2. The standard InChI is InChI=1S/C14H15N3O6S/c1-24(20,21)23-13(19)10-4-2-3-8-7-9(5-6-22-11(8)10)12(18)17-14(15)16/h2-4,7H,5-6H2,1H3,(H4,15,16,17,18). The number of rotatable bonds is 3. The lowest BCUT2D eigenvalue weighted by atomic mass is 10.1. The monoisotopic (exact) mass is 353 g/mol. The smallest absolute Gasteiger partial charge is 0.357 e. The van der Waals surface area contributed by atoms with E-state index in [9.17, 15) is 18.0 Å². The van der Waals surface area contributed by atoms with Gasteiger partial charge in [-0.1, -0.05) is 12.1 Å². The molecule has 1 heterocycles. The molecule has 9 nitrogen and oxygen atoms in total. The predicted molar refractivity (Wildman–Crippen MR) is 85.6 cm³/mol. The SMILES string of the molecule is CS(=O)(=O)OC(=O)c1cccc2c1OCCC(C(=O)N=C(N)N)=C2. The molecule has 0 saturated heterocycles. The zero-order chi connectivity index (χ0) is 17.9. The molecule has 4 N–H and O–H groups in total. The van der Waals surface area contributed by atoms with Crippen molar-refractivity contribution < 1.29 is 26.9 Å². The third kappa shape index (κ3) is 4.32. The molecule has 0 aromatic heterocycles. The lowest BCUT2D eigenvalue weighted by Crippen LogP contribution is -2.24. The maximum absolute atomic E-state index is 12.0. The molecule has 0 radical (unpaired) electrons. The Morgan fingerprint density at radius 1 is 1.29 bits per heavy atom. The summed E-state index contributed by atoms with van der Waals surface area (Å²) in [6.45, 7) is 0.0771. The zero-order valence-corrected chi connectivity index (χ0v) is 13.5. The van der Waals surface area contributed by atoms with E-state index in [0.29, 0.717) is 5.56 Å². The van der Waals surface area contributed by atoms with Crippen LogP contribution in [0.5, 0.6) is 5.75 Å². The minimum atomic E-state index is -3.97. The number of hydrogen-bond donors (Lipinski definition) is 2. The van der Waals surface area contributed by atoms with Gasteiger partial charge in [0.1, 0.15) is 11.3 Å². The van der Waals surface area contributed by atoms with Gasteiger partial charge < -0.3 is 20.4 Å². The number of benzene rings is 1. The Kier molecular flexibility index (Phi) is 4.88. The second-order valence-corrected chi connectivity index (χ2v) is 6.48. The summed E-state index contributed by atoms with van der Waals surface area (Å²) in [6, 6.07) is 4.47. The fraction of sp³-hybridized carbons (Fsp3) is 0.214. The summed E-state index contributed by atoms with van der Waals surface area (Å²) in [5.74, 6) is -1.92. The summed E-state index contributed by atoms with van der Waals surface area (Å²) >= 11 is 0. The van der Waals surface area contributed by atoms with Crippen molar-refractivity contribution in [2.75, 3.05) is 12.9 Å².